The third-order valence-electron chi connectivity index (χ3n) is 4.24. The van der Waals surface area contributed by atoms with Crippen molar-refractivity contribution in [1.29, 1.82) is 0 Å². The number of carboxylic acid groups (broad SMARTS) is 1. The first-order chi connectivity index (χ1) is 10.2. The van der Waals surface area contributed by atoms with Crippen LogP contribution in [0.25, 0.3) is 0 Å². The van der Waals surface area contributed by atoms with E-state index in [9.17, 15) is 14.7 Å². The molecule has 3 rings (SSSR count). The quantitative estimate of drug-likeness (QED) is 0.878. The lowest BCUT2D eigenvalue weighted by Crippen LogP contribution is -2.24. The number of ketones is 1. The number of hydrogen-bond acceptors (Lipinski definition) is 2. The highest BCUT2D eigenvalue weighted by atomic mass is 16.4. The average molecular weight is 280 g/mol. The second-order valence-electron chi connectivity index (χ2n) is 5.44. The van der Waals surface area contributed by atoms with E-state index in [1.54, 1.807) is 0 Å². The first-order valence-corrected chi connectivity index (χ1v) is 7.04. The third kappa shape index (κ3) is 2.47. The summed E-state index contributed by atoms with van der Waals surface area (Å²) in [4.78, 5) is 23.8. The Morgan fingerprint density at radius 1 is 0.905 bits per heavy atom. The van der Waals surface area contributed by atoms with E-state index < -0.39 is 11.9 Å². The molecule has 3 atom stereocenters. The highest BCUT2D eigenvalue weighted by Gasteiger charge is 2.47. The summed E-state index contributed by atoms with van der Waals surface area (Å²) < 4.78 is 0. The van der Waals surface area contributed by atoms with Gasteiger partial charge < -0.3 is 5.11 Å². The van der Waals surface area contributed by atoms with Gasteiger partial charge in [-0.1, -0.05) is 60.7 Å². The van der Waals surface area contributed by atoms with Gasteiger partial charge >= 0.3 is 5.97 Å². The van der Waals surface area contributed by atoms with Crippen LogP contribution < -0.4 is 0 Å². The number of carbonyl (C=O) groups excluding carboxylic acids is 1. The van der Waals surface area contributed by atoms with Gasteiger partial charge in [-0.15, -0.1) is 0 Å². The van der Waals surface area contributed by atoms with Crippen molar-refractivity contribution in [2.24, 2.45) is 5.92 Å². The van der Waals surface area contributed by atoms with E-state index in [1.165, 1.54) is 0 Å². The summed E-state index contributed by atoms with van der Waals surface area (Å²) in [5, 5.41) is 9.46. The van der Waals surface area contributed by atoms with Gasteiger partial charge in [0.15, 0.2) is 0 Å². The molecule has 2 aromatic carbocycles. The van der Waals surface area contributed by atoms with E-state index in [4.69, 9.17) is 0 Å². The predicted octanol–water partition coefficient (Wildman–Crippen LogP) is 3.23. The first kappa shape index (κ1) is 13.6. The molecule has 106 valence electrons. The van der Waals surface area contributed by atoms with Gasteiger partial charge in [-0.05, 0) is 17.0 Å². The first-order valence-electron chi connectivity index (χ1n) is 7.04. The Kier molecular flexibility index (Phi) is 3.57. The molecular formula is C18H16O3. The van der Waals surface area contributed by atoms with Gasteiger partial charge in [0.25, 0.3) is 0 Å². The van der Waals surface area contributed by atoms with Crippen molar-refractivity contribution < 1.29 is 14.7 Å². The Labute approximate surface area is 123 Å². The molecule has 0 bridgehead atoms. The lowest BCUT2D eigenvalue weighted by molar-refractivity contribution is -0.145. The Balaban J connectivity index is 2.07. The summed E-state index contributed by atoms with van der Waals surface area (Å²) in [6.45, 7) is 0. The van der Waals surface area contributed by atoms with Crippen LogP contribution in [0.5, 0.6) is 0 Å². The number of carbonyl (C=O) groups is 2. The van der Waals surface area contributed by atoms with Gasteiger partial charge in [0.05, 0.1) is 0 Å². The van der Waals surface area contributed by atoms with Crippen LogP contribution in [0.15, 0.2) is 60.7 Å². The zero-order valence-corrected chi connectivity index (χ0v) is 11.5. The molecule has 1 aliphatic carbocycles. The van der Waals surface area contributed by atoms with E-state index in [0.29, 0.717) is 6.42 Å². The fraction of sp³-hybridized carbons (Fsp3) is 0.222. The molecule has 0 aliphatic heterocycles. The average Bonchev–Trinajstić information content (AvgIpc) is 2.86. The van der Waals surface area contributed by atoms with Crippen LogP contribution >= 0.6 is 0 Å². The van der Waals surface area contributed by atoms with Crippen molar-refractivity contribution >= 4 is 11.8 Å². The third-order valence-corrected chi connectivity index (χ3v) is 4.24. The second kappa shape index (κ2) is 5.52. The van der Waals surface area contributed by atoms with Crippen LogP contribution in [0.2, 0.25) is 0 Å². The SMILES string of the molecule is O=C(O)C1C(=O)CC(c2ccccc2)C1c1ccccc1. The minimum atomic E-state index is -1.02. The van der Waals surface area contributed by atoms with E-state index in [-0.39, 0.29) is 17.6 Å². The summed E-state index contributed by atoms with van der Waals surface area (Å²) in [5.74, 6) is -2.50. The molecule has 21 heavy (non-hydrogen) atoms. The van der Waals surface area contributed by atoms with Crippen LogP contribution in [-0.4, -0.2) is 16.9 Å². The molecule has 3 heteroatoms. The molecule has 0 spiro atoms. The van der Waals surface area contributed by atoms with Crippen LogP contribution in [0, 0.1) is 5.92 Å². The smallest absolute Gasteiger partial charge is 0.314 e. The molecule has 0 saturated heterocycles. The molecule has 1 N–H and O–H groups in total. The van der Waals surface area contributed by atoms with Crippen molar-refractivity contribution in [2.75, 3.05) is 0 Å². The van der Waals surface area contributed by atoms with Crippen molar-refractivity contribution in [2.45, 2.75) is 18.3 Å². The summed E-state index contributed by atoms with van der Waals surface area (Å²) in [7, 11) is 0. The minimum Gasteiger partial charge on any atom is -0.481 e. The highest BCUT2D eigenvalue weighted by Crippen LogP contribution is 2.47. The zero-order valence-electron chi connectivity index (χ0n) is 11.5. The topological polar surface area (TPSA) is 54.4 Å². The Morgan fingerprint density at radius 3 is 1.95 bits per heavy atom. The molecule has 1 fully saturated rings. The minimum absolute atomic E-state index is 0.0674. The monoisotopic (exact) mass is 280 g/mol. The summed E-state index contributed by atoms with van der Waals surface area (Å²) in [5.41, 5.74) is 1.95. The molecule has 3 unspecified atom stereocenters. The van der Waals surface area contributed by atoms with Crippen molar-refractivity contribution in [3.63, 3.8) is 0 Å². The van der Waals surface area contributed by atoms with Crippen LogP contribution in [0.1, 0.15) is 29.4 Å². The summed E-state index contributed by atoms with van der Waals surface area (Å²) >= 11 is 0. The van der Waals surface area contributed by atoms with Gasteiger partial charge in [-0.25, -0.2) is 0 Å². The molecule has 1 saturated carbocycles. The Bertz CT molecular complexity index is 649. The van der Waals surface area contributed by atoms with Crippen molar-refractivity contribution in [3.05, 3.63) is 71.8 Å². The molecule has 3 nitrogen and oxygen atoms in total. The molecule has 2 aromatic rings. The number of Topliss-reactive ketones (excluding diaryl/α,β-unsaturated/α-hetero) is 1. The number of hydrogen-bond donors (Lipinski definition) is 1. The molecular weight excluding hydrogens is 264 g/mol. The van der Waals surface area contributed by atoms with E-state index >= 15 is 0 Å². The Hall–Kier alpha value is -2.42. The van der Waals surface area contributed by atoms with Crippen molar-refractivity contribution in [1.82, 2.24) is 0 Å². The molecule has 0 radical (unpaired) electrons. The van der Waals surface area contributed by atoms with Crippen LogP contribution in [0.3, 0.4) is 0 Å². The summed E-state index contributed by atoms with van der Waals surface area (Å²) in [6.07, 6.45) is 0.292. The standard InChI is InChI=1S/C18H16O3/c19-15-11-14(12-7-3-1-4-8-12)16(17(15)18(20)21)13-9-5-2-6-10-13/h1-10,14,16-17H,11H2,(H,20,21). The van der Waals surface area contributed by atoms with Gasteiger partial charge in [-0.2, -0.15) is 0 Å². The number of benzene rings is 2. The van der Waals surface area contributed by atoms with Gasteiger partial charge in [-0.3, -0.25) is 9.59 Å². The largest absolute Gasteiger partial charge is 0.481 e. The lowest BCUT2D eigenvalue weighted by Gasteiger charge is -2.22. The molecule has 0 heterocycles. The van der Waals surface area contributed by atoms with Gasteiger partial charge in [0, 0.05) is 12.3 Å². The fourth-order valence-electron chi connectivity index (χ4n) is 3.32. The maximum absolute atomic E-state index is 12.2. The second-order valence-corrected chi connectivity index (χ2v) is 5.44. The number of carboxylic acids is 1. The highest BCUT2D eigenvalue weighted by molar-refractivity contribution is 6.02. The van der Waals surface area contributed by atoms with Crippen LogP contribution in [-0.2, 0) is 9.59 Å². The maximum atomic E-state index is 12.2. The molecule has 0 aromatic heterocycles. The lowest BCUT2D eigenvalue weighted by atomic mass is 9.80. The number of rotatable bonds is 3. The zero-order chi connectivity index (χ0) is 14.8. The fourth-order valence-corrected chi connectivity index (χ4v) is 3.32. The van der Waals surface area contributed by atoms with Crippen molar-refractivity contribution in [3.8, 4) is 0 Å². The molecule has 0 amide bonds. The van der Waals surface area contributed by atoms with Gasteiger partial charge in [0.1, 0.15) is 11.7 Å². The van der Waals surface area contributed by atoms with Crippen LogP contribution in [0.4, 0.5) is 0 Å². The maximum Gasteiger partial charge on any atom is 0.314 e. The molecule has 1 aliphatic rings. The Morgan fingerprint density at radius 2 is 1.43 bits per heavy atom. The number of aliphatic carboxylic acids is 1. The summed E-state index contributed by atoms with van der Waals surface area (Å²) in [6, 6.07) is 19.2. The predicted molar refractivity (Wildman–Crippen MR) is 79.1 cm³/mol. The van der Waals surface area contributed by atoms with Gasteiger partial charge in [0.2, 0.25) is 0 Å². The van der Waals surface area contributed by atoms with E-state index in [1.807, 2.05) is 60.7 Å². The van der Waals surface area contributed by atoms with E-state index in [2.05, 4.69) is 0 Å². The normalized spacial score (nSPS) is 25.0. The van der Waals surface area contributed by atoms with E-state index in [0.717, 1.165) is 11.1 Å².